The van der Waals surface area contributed by atoms with Gasteiger partial charge < -0.3 is 10.0 Å². The Hall–Kier alpha value is -1.06. The van der Waals surface area contributed by atoms with Crippen LogP contribution in [-0.4, -0.2) is 34.5 Å². The van der Waals surface area contributed by atoms with Gasteiger partial charge in [-0.3, -0.25) is 4.79 Å². The molecule has 1 fully saturated rings. The number of piperidine rings is 1. The molecule has 4 nitrogen and oxygen atoms in total. The maximum atomic E-state index is 11.2. The maximum Gasteiger partial charge on any atom is 0.394 e. The zero-order valence-corrected chi connectivity index (χ0v) is 7.99. The Morgan fingerprint density at radius 1 is 1.31 bits per heavy atom. The molecule has 1 saturated heterocycles. The molecule has 0 aromatic carbocycles. The van der Waals surface area contributed by atoms with E-state index in [1.165, 1.54) is 4.90 Å². The van der Waals surface area contributed by atoms with Crippen LogP contribution < -0.4 is 0 Å². The van der Waals surface area contributed by atoms with Crippen molar-refractivity contribution in [2.45, 2.75) is 32.7 Å². The van der Waals surface area contributed by atoms with Crippen LogP contribution in [0.2, 0.25) is 0 Å². The van der Waals surface area contributed by atoms with Crippen LogP contribution in [0.5, 0.6) is 0 Å². The Balaban J connectivity index is 2.65. The number of carbonyl (C=O) groups is 2. The van der Waals surface area contributed by atoms with E-state index in [1.807, 2.05) is 13.8 Å². The third-order valence-electron chi connectivity index (χ3n) is 2.56. The SMILES string of the molecule is CC1CCC(C)N(C(=O)C(=O)O)C1. The van der Waals surface area contributed by atoms with Gasteiger partial charge in [0, 0.05) is 12.6 Å². The maximum absolute atomic E-state index is 11.2. The second kappa shape index (κ2) is 3.77. The lowest BCUT2D eigenvalue weighted by Gasteiger charge is -2.35. The second-order valence-corrected chi connectivity index (χ2v) is 3.79. The van der Waals surface area contributed by atoms with Gasteiger partial charge in [0.05, 0.1) is 0 Å². The summed E-state index contributed by atoms with van der Waals surface area (Å²) in [5.74, 6) is -1.69. The molecule has 1 rings (SSSR count). The predicted molar refractivity (Wildman–Crippen MR) is 47.2 cm³/mol. The van der Waals surface area contributed by atoms with E-state index >= 15 is 0 Å². The molecule has 1 amide bonds. The first-order chi connectivity index (χ1) is 6.02. The van der Waals surface area contributed by atoms with E-state index in [0.717, 1.165) is 12.8 Å². The molecule has 1 N–H and O–H groups in total. The minimum absolute atomic E-state index is 0.0693. The van der Waals surface area contributed by atoms with Gasteiger partial charge in [0.25, 0.3) is 0 Å². The number of rotatable bonds is 0. The third kappa shape index (κ3) is 2.20. The van der Waals surface area contributed by atoms with Crippen molar-refractivity contribution in [3.05, 3.63) is 0 Å². The second-order valence-electron chi connectivity index (χ2n) is 3.79. The van der Waals surface area contributed by atoms with Gasteiger partial charge in [-0.2, -0.15) is 0 Å². The van der Waals surface area contributed by atoms with Crippen LogP contribution in [0.15, 0.2) is 0 Å². The zero-order chi connectivity index (χ0) is 10.0. The molecule has 0 radical (unpaired) electrons. The fraction of sp³-hybridized carbons (Fsp3) is 0.778. The Morgan fingerprint density at radius 3 is 2.46 bits per heavy atom. The number of hydrogen-bond acceptors (Lipinski definition) is 2. The number of carboxylic acids is 1. The fourth-order valence-corrected chi connectivity index (χ4v) is 1.69. The van der Waals surface area contributed by atoms with Crippen molar-refractivity contribution in [2.24, 2.45) is 5.92 Å². The number of nitrogens with zero attached hydrogens (tertiary/aromatic N) is 1. The minimum atomic E-state index is -1.35. The molecule has 4 heteroatoms. The highest BCUT2D eigenvalue weighted by atomic mass is 16.4. The van der Waals surface area contributed by atoms with Crippen LogP contribution in [-0.2, 0) is 9.59 Å². The molecular weight excluding hydrogens is 170 g/mol. The average molecular weight is 185 g/mol. The van der Waals surface area contributed by atoms with E-state index < -0.39 is 11.9 Å². The van der Waals surface area contributed by atoms with Crippen LogP contribution in [0.1, 0.15) is 26.7 Å². The molecule has 1 heterocycles. The smallest absolute Gasteiger partial charge is 0.394 e. The van der Waals surface area contributed by atoms with Crippen molar-refractivity contribution < 1.29 is 14.7 Å². The molecule has 1 aliphatic heterocycles. The van der Waals surface area contributed by atoms with Crippen molar-refractivity contribution in [1.82, 2.24) is 4.90 Å². The lowest BCUT2D eigenvalue weighted by molar-refractivity contribution is -0.158. The highest BCUT2D eigenvalue weighted by Gasteiger charge is 2.30. The first kappa shape index (κ1) is 10.0. The van der Waals surface area contributed by atoms with Gasteiger partial charge in [0.2, 0.25) is 0 Å². The van der Waals surface area contributed by atoms with Crippen LogP contribution in [0.3, 0.4) is 0 Å². The van der Waals surface area contributed by atoms with E-state index in [0.29, 0.717) is 12.5 Å². The number of hydrogen-bond donors (Lipinski definition) is 1. The molecule has 2 unspecified atom stereocenters. The van der Waals surface area contributed by atoms with E-state index in [4.69, 9.17) is 5.11 Å². The van der Waals surface area contributed by atoms with Gasteiger partial charge in [-0.15, -0.1) is 0 Å². The summed E-state index contributed by atoms with van der Waals surface area (Å²) in [6, 6.07) is 0.0693. The Labute approximate surface area is 77.5 Å². The lowest BCUT2D eigenvalue weighted by Crippen LogP contribution is -2.47. The number of carboxylic acid groups (broad SMARTS) is 1. The zero-order valence-electron chi connectivity index (χ0n) is 7.99. The van der Waals surface area contributed by atoms with Crippen LogP contribution >= 0.6 is 0 Å². The monoisotopic (exact) mass is 185 g/mol. The van der Waals surface area contributed by atoms with Gasteiger partial charge in [-0.25, -0.2) is 4.79 Å². The van der Waals surface area contributed by atoms with Gasteiger partial charge >= 0.3 is 11.9 Å². The first-order valence-corrected chi connectivity index (χ1v) is 4.56. The molecule has 2 atom stereocenters. The predicted octanol–water partition coefficient (Wildman–Crippen LogP) is 0.718. The number of amides is 1. The normalized spacial score (nSPS) is 28.6. The van der Waals surface area contributed by atoms with Gasteiger partial charge in [0.15, 0.2) is 0 Å². The van der Waals surface area contributed by atoms with Gasteiger partial charge in [-0.05, 0) is 25.7 Å². The molecule has 0 saturated carbocycles. The quantitative estimate of drug-likeness (QED) is 0.566. The van der Waals surface area contributed by atoms with Gasteiger partial charge in [-0.1, -0.05) is 6.92 Å². The largest absolute Gasteiger partial charge is 0.474 e. The van der Waals surface area contributed by atoms with Crippen molar-refractivity contribution in [2.75, 3.05) is 6.54 Å². The number of aliphatic carboxylic acids is 1. The first-order valence-electron chi connectivity index (χ1n) is 4.56. The molecule has 0 aromatic heterocycles. The lowest BCUT2D eigenvalue weighted by atomic mass is 9.95. The summed E-state index contributed by atoms with van der Waals surface area (Å²) < 4.78 is 0. The van der Waals surface area contributed by atoms with Crippen LogP contribution in [0, 0.1) is 5.92 Å². The molecule has 0 aromatic rings. The molecule has 13 heavy (non-hydrogen) atoms. The van der Waals surface area contributed by atoms with Crippen molar-refractivity contribution in [3.8, 4) is 0 Å². The highest BCUT2D eigenvalue weighted by Crippen LogP contribution is 2.21. The third-order valence-corrected chi connectivity index (χ3v) is 2.56. The summed E-state index contributed by atoms with van der Waals surface area (Å²) in [5, 5.41) is 8.55. The summed E-state index contributed by atoms with van der Waals surface area (Å²) in [6.07, 6.45) is 1.98. The van der Waals surface area contributed by atoms with Crippen molar-refractivity contribution in [3.63, 3.8) is 0 Å². The Bertz CT molecular complexity index is 227. The fourth-order valence-electron chi connectivity index (χ4n) is 1.69. The molecule has 0 spiro atoms. The minimum Gasteiger partial charge on any atom is -0.474 e. The average Bonchev–Trinajstić information content (AvgIpc) is 2.08. The molecule has 74 valence electrons. The summed E-state index contributed by atoms with van der Waals surface area (Å²) in [5.41, 5.74) is 0. The molecule has 1 aliphatic rings. The number of likely N-dealkylation sites (tertiary alicyclic amines) is 1. The number of carbonyl (C=O) groups excluding carboxylic acids is 1. The molecular formula is C9H15NO3. The highest BCUT2D eigenvalue weighted by molar-refractivity contribution is 6.31. The van der Waals surface area contributed by atoms with E-state index in [1.54, 1.807) is 0 Å². The Kier molecular flexibility index (Phi) is 2.90. The summed E-state index contributed by atoms with van der Waals surface area (Å²) in [4.78, 5) is 23.1. The molecule has 0 bridgehead atoms. The van der Waals surface area contributed by atoms with E-state index in [-0.39, 0.29) is 6.04 Å². The molecule has 0 aliphatic carbocycles. The van der Waals surface area contributed by atoms with Crippen molar-refractivity contribution in [1.29, 1.82) is 0 Å². The summed E-state index contributed by atoms with van der Waals surface area (Å²) >= 11 is 0. The van der Waals surface area contributed by atoms with Gasteiger partial charge in [0.1, 0.15) is 0 Å². The topological polar surface area (TPSA) is 57.6 Å². The van der Waals surface area contributed by atoms with Crippen molar-refractivity contribution >= 4 is 11.9 Å². The van der Waals surface area contributed by atoms with Crippen LogP contribution in [0.4, 0.5) is 0 Å². The Morgan fingerprint density at radius 2 is 1.92 bits per heavy atom. The summed E-state index contributed by atoms with van der Waals surface area (Å²) in [7, 11) is 0. The summed E-state index contributed by atoms with van der Waals surface area (Å²) in [6.45, 7) is 4.51. The van der Waals surface area contributed by atoms with E-state index in [2.05, 4.69) is 0 Å². The standard InChI is InChI=1S/C9H15NO3/c1-6-3-4-7(2)10(5-6)8(11)9(12)13/h6-7H,3-5H2,1-2H3,(H,12,13). The van der Waals surface area contributed by atoms with E-state index in [9.17, 15) is 9.59 Å². The van der Waals surface area contributed by atoms with Crippen LogP contribution in [0.25, 0.3) is 0 Å².